The molecule has 1 atom stereocenters. The van der Waals surface area contributed by atoms with Crippen LogP contribution < -0.4 is 9.83 Å². The van der Waals surface area contributed by atoms with E-state index in [9.17, 15) is 8.53 Å². The molecule has 0 aliphatic carbocycles. The number of carbonyl (C=O) groups is 1. The molecule has 0 saturated carbocycles. The zero-order valence-electron chi connectivity index (χ0n) is 10.4. The van der Waals surface area contributed by atoms with Gasteiger partial charge in [-0.25, -0.2) is 0 Å². The fourth-order valence-corrected chi connectivity index (χ4v) is 3.56. The number of azide groups is 2. The summed E-state index contributed by atoms with van der Waals surface area (Å²) in [6.07, 6.45) is 0. The number of rotatable bonds is 6. The molecule has 2 N–H and O–H groups in total. The summed E-state index contributed by atoms with van der Waals surface area (Å²) in [7, 11) is 0. The van der Waals surface area contributed by atoms with Crippen molar-refractivity contribution in [1.29, 1.82) is 0 Å². The van der Waals surface area contributed by atoms with Gasteiger partial charge in [-0.2, -0.15) is 0 Å². The number of nitrogens with zero attached hydrogens (tertiary/aromatic N) is 6. The summed E-state index contributed by atoms with van der Waals surface area (Å²) in [5.74, 6) is -0.690. The van der Waals surface area contributed by atoms with Crippen LogP contribution in [0.2, 0.25) is 0 Å². The van der Waals surface area contributed by atoms with Crippen molar-refractivity contribution in [3.63, 3.8) is 0 Å². The normalized spacial score (nSPS) is 12.5. The topological polar surface area (TPSA) is 182 Å². The molecule has 1 aromatic rings. The number of hydrogen-bond acceptors (Lipinski definition) is 7. The monoisotopic (exact) mass is 357 g/mol. The summed E-state index contributed by atoms with van der Waals surface area (Å²) in [4.78, 5) is 15.8. The average molecular weight is 357 g/mol. The Morgan fingerprint density at radius 1 is 1.38 bits per heavy atom. The number of carbonyl (C=O) groups excluding carboxylic acids is 1. The molecule has 0 spiro atoms. The molecule has 0 saturated heterocycles. The molecule has 0 aliphatic rings. The van der Waals surface area contributed by atoms with Crippen LogP contribution in [0.25, 0.3) is 20.9 Å². The molecule has 0 heterocycles. The number of hydrogen-bond donors (Lipinski definition) is 2. The summed E-state index contributed by atoms with van der Waals surface area (Å²) in [5.41, 5.74) is 18.4. The van der Waals surface area contributed by atoms with Crippen LogP contribution in [-0.2, 0) is 16.2 Å². The van der Waals surface area contributed by atoms with Gasteiger partial charge in [-0.15, -0.1) is 0 Å². The molecule has 1 aromatic carbocycles. The Kier molecular flexibility index (Phi) is 5.82. The van der Waals surface area contributed by atoms with Gasteiger partial charge < -0.3 is 0 Å². The molecular formula is C8H8AsN7O5. The summed E-state index contributed by atoms with van der Waals surface area (Å²) < 4.78 is 20.5. The molecule has 12 nitrogen and oxygen atoms in total. The van der Waals surface area contributed by atoms with Crippen LogP contribution in [-0.4, -0.2) is 25.3 Å². The van der Waals surface area contributed by atoms with E-state index < -0.39 is 20.1 Å². The second-order valence-corrected chi connectivity index (χ2v) is 7.20. The molecule has 1 rings (SSSR count). The van der Waals surface area contributed by atoms with E-state index in [0.29, 0.717) is 0 Å². The second kappa shape index (κ2) is 7.36. The zero-order valence-corrected chi connectivity index (χ0v) is 12.3. The van der Waals surface area contributed by atoms with Gasteiger partial charge in [0.1, 0.15) is 0 Å². The van der Waals surface area contributed by atoms with E-state index in [1.54, 1.807) is 5.48 Å². The standard InChI is InChI=1S/C8H8AsN7O5/c1-5(17)14-20-9(18,21-19)7-3-2-6(12-15-10)4-8(7)13-16-11/h2-4,19H,1H3,(H,14,17). The van der Waals surface area contributed by atoms with Crippen LogP contribution in [0.1, 0.15) is 6.92 Å². The van der Waals surface area contributed by atoms with E-state index in [4.69, 9.17) is 16.3 Å². The Morgan fingerprint density at radius 3 is 2.57 bits per heavy atom. The van der Waals surface area contributed by atoms with Gasteiger partial charge in [-0.05, 0) is 0 Å². The first kappa shape index (κ1) is 16.6. The first-order chi connectivity index (χ1) is 9.96. The van der Waals surface area contributed by atoms with Crippen molar-refractivity contribution in [3.05, 3.63) is 39.1 Å². The van der Waals surface area contributed by atoms with Gasteiger partial charge in [-0.3, -0.25) is 0 Å². The van der Waals surface area contributed by atoms with Crippen LogP contribution in [0.4, 0.5) is 11.4 Å². The quantitative estimate of drug-likeness (QED) is 0.196. The van der Waals surface area contributed by atoms with Crippen molar-refractivity contribution in [3.8, 4) is 0 Å². The van der Waals surface area contributed by atoms with Gasteiger partial charge in [0.25, 0.3) is 0 Å². The third-order valence-electron chi connectivity index (χ3n) is 1.98. The Bertz CT molecular complexity index is 694. The van der Waals surface area contributed by atoms with E-state index in [2.05, 4.69) is 27.8 Å². The van der Waals surface area contributed by atoms with Gasteiger partial charge in [-0.1, -0.05) is 0 Å². The number of amides is 1. The predicted octanol–water partition coefficient (Wildman–Crippen LogP) is 1.70. The van der Waals surface area contributed by atoms with Crippen molar-refractivity contribution in [2.45, 2.75) is 6.92 Å². The van der Waals surface area contributed by atoms with Crippen molar-refractivity contribution in [1.82, 2.24) is 5.48 Å². The molecule has 0 aromatic heterocycles. The third-order valence-corrected chi connectivity index (χ3v) is 5.16. The van der Waals surface area contributed by atoms with Crippen LogP contribution in [0.15, 0.2) is 28.4 Å². The Labute approximate surface area is 119 Å². The van der Waals surface area contributed by atoms with Crippen molar-refractivity contribution in [2.24, 2.45) is 10.2 Å². The molecule has 0 radical (unpaired) electrons. The zero-order chi connectivity index (χ0) is 15.9. The maximum absolute atomic E-state index is 12.3. The fraction of sp³-hybridized carbons (Fsp3) is 0.125. The molecule has 110 valence electrons. The Balaban J connectivity index is 3.37. The Hall–Kier alpha value is -2.45. The Morgan fingerprint density at radius 2 is 2.05 bits per heavy atom. The van der Waals surface area contributed by atoms with Gasteiger partial charge >= 0.3 is 119 Å². The summed E-state index contributed by atoms with van der Waals surface area (Å²) in [5, 5.41) is 15.3. The first-order valence-corrected chi connectivity index (χ1v) is 8.33. The second-order valence-electron chi connectivity index (χ2n) is 3.38. The van der Waals surface area contributed by atoms with Crippen LogP contribution in [0.3, 0.4) is 0 Å². The molecule has 13 heteroatoms. The number of benzene rings is 1. The molecular weight excluding hydrogens is 349 g/mol. The summed E-state index contributed by atoms with van der Waals surface area (Å²) in [6, 6.07) is 3.46. The number of nitrogens with one attached hydrogen (secondary N) is 1. The fourth-order valence-electron chi connectivity index (χ4n) is 1.22. The van der Waals surface area contributed by atoms with Gasteiger partial charge in [0, 0.05) is 0 Å². The summed E-state index contributed by atoms with van der Waals surface area (Å²) in [6.45, 7) is 1.08. The third kappa shape index (κ3) is 4.26. The van der Waals surface area contributed by atoms with Gasteiger partial charge in [0.2, 0.25) is 0 Å². The predicted molar refractivity (Wildman–Crippen MR) is 68.7 cm³/mol. The van der Waals surface area contributed by atoms with E-state index in [-0.39, 0.29) is 15.7 Å². The van der Waals surface area contributed by atoms with Crippen LogP contribution in [0.5, 0.6) is 0 Å². The molecule has 21 heavy (non-hydrogen) atoms. The number of hydroxylamine groups is 1. The maximum atomic E-state index is 12.3. The molecule has 1 amide bonds. The summed E-state index contributed by atoms with van der Waals surface area (Å²) >= 11 is -5.10. The minimum absolute atomic E-state index is 0.0724. The van der Waals surface area contributed by atoms with Crippen LogP contribution in [0, 0.1) is 0 Å². The minimum atomic E-state index is -5.10. The average Bonchev–Trinajstić information content (AvgIpc) is 2.46. The van der Waals surface area contributed by atoms with E-state index >= 15 is 0 Å². The SMILES string of the molecule is CC(=O)NO[As](=O)(OO)c1ccc(N=[N+]=[N-])cc1N=[N+]=[N-]. The van der Waals surface area contributed by atoms with Crippen LogP contribution >= 0.6 is 0 Å². The molecule has 1 unspecified atom stereocenters. The van der Waals surface area contributed by atoms with Crippen molar-refractivity contribution >= 4 is 35.8 Å². The van der Waals surface area contributed by atoms with Crippen molar-refractivity contribution < 1.29 is 21.5 Å². The van der Waals surface area contributed by atoms with E-state index in [1.807, 2.05) is 0 Å². The first-order valence-electron chi connectivity index (χ1n) is 5.10. The van der Waals surface area contributed by atoms with Gasteiger partial charge in [0.15, 0.2) is 0 Å². The van der Waals surface area contributed by atoms with Crippen molar-refractivity contribution in [2.75, 3.05) is 0 Å². The van der Waals surface area contributed by atoms with Gasteiger partial charge in [0.05, 0.1) is 0 Å². The molecule has 0 aliphatic heterocycles. The van der Waals surface area contributed by atoms with E-state index in [0.717, 1.165) is 19.1 Å². The van der Waals surface area contributed by atoms with E-state index in [1.165, 1.54) is 6.07 Å². The molecule has 0 bridgehead atoms. The molecule has 0 fully saturated rings.